The Bertz CT molecular complexity index is 1170. The van der Waals surface area contributed by atoms with Crippen LogP contribution in [0.2, 0.25) is 0 Å². The lowest BCUT2D eigenvalue weighted by Gasteiger charge is -2.36. The van der Waals surface area contributed by atoms with Crippen LogP contribution >= 0.6 is 11.3 Å². The molecule has 186 valence electrons. The van der Waals surface area contributed by atoms with Crippen LogP contribution in [0.5, 0.6) is 0 Å². The standard InChI is InChI=1S/C22H22F3N5O3S2/c23-22(24,25)16-2-1-3-19(14-16)29-11-9-28(10-12-29)15-20(31)27-17-4-6-18(7-5-17)30(35(32)33)21-26-8-13-34-21/h1-8,13-14H,9-12,15H2,(H,27,31)(H,32,33)/p-1. The van der Waals surface area contributed by atoms with Gasteiger partial charge in [-0.15, -0.1) is 11.3 Å². The summed E-state index contributed by atoms with van der Waals surface area (Å²) in [5.41, 5.74) is 0.725. The van der Waals surface area contributed by atoms with E-state index >= 15 is 0 Å². The average Bonchev–Trinajstić information content (AvgIpc) is 3.34. The van der Waals surface area contributed by atoms with Gasteiger partial charge in [-0.25, -0.2) is 9.29 Å². The van der Waals surface area contributed by atoms with Gasteiger partial charge in [0.25, 0.3) is 0 Å². The van der Waals surface area contributed by atoms with Gasteiger partial charge < -0.3 is 14.8 Å². The summed E-state index contributed by atoms with van der Waals surface area (Å²) >= 11 is -1.37. The van der Waals surface area contributed by atoms with Crippen molar-refractivity contribution in [1.82, 2.24) is 9.88 Å². The van der Waals surface area contributed by atoms with Crippen LogP contribution in [0.15, 0.2) is 60.1 Å². The molecule has 1 aliphatic heterocycles. The topological polar surface area (TPSA) is 91.8 Å². The molecule has 2 aromatic carbocycles. The Kier molecular flexibility index (Phi) is 7.69. The van der Waals surface area contributed by atoms with E-state index in [2.05, 4.69) is 10.3 Å². The summed E-state index contributed by atoms with van der Waals surface area (Å²) in [5, 5.41) is 4.76. The number of carbonyl (C=O) groups is 1. The van der Waals surface area contributed by atoms with Crippen molar-refractivity contribution in [2.75, 3.05) is 47.2 Å². The number of alkyl halides is 3. The molecule has 4 rings (SSSR count). The highest BCUT2D eigenvalue weighted by Gasteiger charge is 2.31. The number of hydrogen-bond acceptors (Lipinski definition) is 7. The number of thiazole rings is 1. The minimum absolute atomic E-state index is 0.133. The summed E-state index contributed by atoms with van der Waals surface area (Å²) in [6, 6.07) is 11.6. The van der Waals surface area contributed by atoms with Crippen molar-refractivity contribution in [1.29, 1.82) is 0 Å². The van der Waals surface area contributed by atoms with Crippen molar-refractivity contribution in [3.63, 3.8) is 0 Å². The number of hydrogen-bond donors (Lipinski definition) is 1. The van der Waals surface area contributed by atoms with Crippen LogP contribution < -0.4 is 14.5 Å². The first-order chi connectivity index (χ1) is 16.7. The molecule has 3 aromatic rings. The highest BCUT2D eigenvalue weighted by Crippen LogP contribution is 2.32. The smallest absolute Gasteiger partial charge is 0.416 e. The zero-order valence-corrected chi connectivity index (χ0v) is 19.9. The van der Waals surface area contributed by atoms with Gasteiger partial charge in [-0.2, -0.15) is 13.2 Å². The SMILES string of the molecule is O=C(CN1CCN(c2cccc(C(F)(F)F)c2)CC1)Nc1ccc(N(c2nccs2)S(=O)[O-])cc1. The maximum atomic E-state index is 13.0. The Labute approximate surface area is 206 Å². The lowest BCUT2D eigenvalue weighted by atomic mass is 10.1. The van der Waals surface area contributed by atoms with E-state index in [1.807, 2.05) is 9.80 Å². The summed E-state index contributed by atoms with van der Waals surface area (Å²) in [5.74, 6) is -0.241. The van der Waals surface area contributed by atoms with E-state index in [0.29, 0.717) is 48.4 Å². The lowest BCUT2D eigenvalue weighted by Crippen LogP contribution is -2.48. The third-order valence-corrected chi connectivity index (χ3v) is 6.96. The molecule has 0 aliphatic carbocycles. The van der Waals surface area contributed by atoms with Crippen molar-refractivity contribution >= 4 is 50.7 Å². The highest BCUT2D eigenvalue weighted by atomic mass is 32.2. The number of halogens is 3. The van der Waals surface area contributed by atoms with Crippen LogP contribution in [-0.4, -0.2) is 57.3 Å². The Hall–Kier alpha value is -3.00. The second kappa shape index (κ2) is 10.7. The number of rotatable bonds is 7. The molecule has 0 radical (unpaired) electrons. The van der Waals surface area contributed by atoms with Gasteiger partial charge in [0, 0.05) is 49.1 Å². The predicted molar refractivity (Wildman–Crippen MR) is 128 cm³/mol. The molecule has 35 heavy (non-hydrogen) atoms. The minimum atomic E-state index is -4.39. The van der Waals surface area contributed by atoms with Gasteiger partial charge >= 0.3 is 6.18 Å². The first kappa shape index (κ1) is 25.1. The third kappa shape index (κ3) is 6.36. The fraction of sp³-hybridized carbons (Fsp3) is 0.273. The molecule has 1 amide bonds. The van der Waals surface area contributed by atoms with Crippen LogP contribution in [0.1, 0.15) is 5.56 Å². The van der Waals surface area contributed by atoms with Crippen LogP contribution in [0.4, 0.5) is 35.4 Å². The number of benzene rings is 2. The van der Waals surface area contributed by atoms with Gasteiger partial charge in [0.15, 0.2) is 0 Å². The van der Waals surface area contributed by atoms with Crippen molar-refractivity contribution in [2.24, 2.45) is 0 Å². The fourth-order valence-corrected chi connectivity index (χ4v) is 5.05. The number of piperazine rings is 1. The van der Waals surface area contributed by atoms with E-state index < -0.39 is 23.0 Å². The molecular formula is C22H21F3N5O3S2-. The van der Waals surface area contributed by atoms with E-state index in [1.165, 1.54) is 23.6 Å². The molecule has 8 nitrogen and oxygen atoms in total. The quantitative estimate of drug-likeness (QED) is 0.472. The third-order valence-electron chi connectivity index (χ3n) is 5.41. The molecule has 1 atom stereocenters. The average molecular weight is 525 g/mol. The van der Waals surface area contributed by atoms with E-state index in [1.54, 1.807) is 35.7 Å². The van der Waals surface area contributed by atoms with Gasteiger partial charge in [-0.3, -0.25) is 13.9 Å². The number of amides is 1. The minimum Gasteiger partial charge on any atom is -0.755 e. The molecule has 1 unspecified atom stereocenters. The maximum Gasteiger partial charge on any atom is 0.416 e. The normalized spacial score (nSPS) is 15.6. The second-order valence-electron chi connectivity index (χ2n) is 7.73. The maximum absolute atomic E-state index is 13.0. The van der Waals surface area contributed by atoms with Crippen LogP contribution in [0.25, 0.3) is 0 Å². The van der Waals surface area contributed by atoms with Crippen molar-refractivity contribution in [3.8, 4) is 0 Å². The predicted octanol–water partition coefficient (Wildman–Crippen LogP) is 3.85. The first-order valence-electron chi connectivity index (χ1n) is 10.5. The van der Waals surface area contributed by atoms with Crippen molar-refractivity contribution in [3.05, 3.63) is 65.7 Å². The van der Waals surface area contributed by atoms with E-state index in [9.17, 15) is 26.7 Å². The Morgan fingerprint density at radius 1 is 1.14 bits per heavy atom. The zero-order chi connectivity index (χ0) is 25.0. The number of nitrogens with zero attached hydrogens (tertiary/aromatic N) is 4. The van der Waals surface area contributed by atoms with Crippen LogP contribution in [-0.2, 0) is 22.2 Å². The van der Waals surface area contributed by atoms with Gasteiger partial charge in [0.2, 0.25) is 11.0 Å². The molecule has 13 heteroatoms. The highest BCUT2D eigenvalue weighted by molar-refractivity contribution is 7.81. The number of carbonyl (C=O) groups excluding carboxylic acids is 1. The van der Waals surface area contributed by atoms with E-state index in [-0.39, 0.29) is 12.5 Å². The lowest BCUT2D eigenvalue weighted by molar-refractivity contribution is -0.137. The van der Waals surface area contributed by atoms with Crippen molar-refractivity contribution < 1.29 is 26.7 Å². The summed E-state index contributed by atoms with van der Waals surface area (Å²) in [6.07, 6.45) is -2.88. The largest absolute Gasteiger partial charge is 0.755 e. The Morgan fingerprint density at radius 3 is 2.46 bits per heavy atom. The summed E-state index contributed by atoms with van der Waals surface area (Å²) < 4.78 is 63.2. The molecule has 0 saturated carbocycles. The number of aromatic nitrogens is 1. The summed E-state index contributed by atoms with van der Waals surface area (Å²) in [7, 11) is 0. The van der Waals surface area contributed by atoms with E-state index in [4.69, 9.17) is 0 Å². The number of anilines is 4. The molecule has 0 spiro atoms. The summed E-state index contributed by atoms with van der Waals surface area (Å²) in [6.45, 7) is 2.19. The van der Waals surface area contributed by atoms with Gasteiger partial charge in [0.05, 0.1) is 29.1 Å². The van der Waals surface area contributed by atoms with Gasteiger partial charge in [-0.1, -0.05) is 6.07 Å². The molecule has 1 saturated heterocycles. The second-order valence-corrected chi connectivity index (χ2v) is 9.40. The van der Waals surface area contributed by atoms with E-state index in [0.717, 1.165) is 16.4 Å². The van der Waals surface area contributed by atoms with Crippen LogP contribution in [0, 0.1) is 0 Å². The van der Waals surface area contributed by atoms with Crippen LogP contribution in [0.3, 0.4) is 0 Å². The molecule has 2 heterocycles. The monoisotopic (exact) mass is 524 g/mol. The molecule has 0 bridgehead atoms. The molecular weight excluding hydrogens is 503 g/mol. The van der Waals surface area contributed by atoms with Gasteiger partial charge in [-0.05, 0) is 42.5 Å². The van der Waals surface area contributed by atoms with Gasteiger partial charge in [0.1, 0.15) is 0 Å². The fourth-order valence-electron chi connectivity index (χ4n) is 3.70. The van der Waals surface area contributed by atoms with Crippen molar-refractivity contribution in [2.45, 2.75) is 6.18 Å². The molecule has 1 N–H and O–H groups in total. The summed E-state index contributed by atoms with van der Waals surface area (Å²) in [4.78, 5) is 20.3. The zero-order valence-electron chi connectivity index (χ0n) is 18.3. The Balaban J connectivity index is 1.29. The Morgan fingerprint density at radius 2 is 1.86 bits per heavy atom. The molecule has 1 aromatic heterocycles. The first-order valence-corrected chi connectivity index (χ1v) is 12.5. The molecule has 1 fully saturated rings. The number of nitrogens with one attached hydrogen (secondary N) is 1. The molecule has 1 aliphatic rings.